The van der Waals surface area contributed by atoms with Crippen molar-refractivity contribution in [2.24, 2.45) is 0 Å². The number of aromatic nitrogens is 2. The Labute approximate surface area is 222 Å². The predicted octanol–water partition coefficient (Wildman–Crippen LogP) is 7.03. The van der Waals surface area contributed by atoms with Gasteiger partial charge in [0, 0.05) is 34.0 Å². The maximum absolute atomic E-state index is 6.40. The average Bonchev–Trinajstić information content (AvgIpc) is 3.37. The lowest BCUT2D eigenvalue weighted by Crippen LogP contribution is -2.29. The standard InChI is InChI=1S/C29H29ClN4OS/c1-5-35-23-13-11-22(12-14-23)34-28(27(32-29(34)36)25-8-6-7-15-31-25)24-16-19(3)33(20(24)4)26-17-21(30)10-9-18(26)2/h6-17,27-28H,5H2,1-4H3,(H,32,36)/t27-,28-/m0/s1. The second-order valence-corrected chi connectivity index (χ2v) is 9.84. The molecule has 184 valence electrons. The minimum atomic E-state index is -0.111. The fourth-order valence-corrected chi connectivity index (χ4v) is 5.61. The fraction of sp³-hybridized carbons (Fsp3) is 0.241. The van der Waals surface area contributed by atoms with E-state index in [0.717, 1.165) is 44.8 Å². The molecule has 1 aliphatic rings. The minimum absolute atomic E-state index is 0.0928. The van der Waals surface area contributed by atoms with Crippen molar-refractivity contribution in [1.82, 2.24) is 14.9 Å². The molecule has 1 saturated heterocycles. The lowest BCUT2D eigenvalue weighted by molar-refractivity contribution is 0.340. The van der Waals surface area contributed by atoms with Crippen LogP contribution in [0.5, 0.6) is 5.75 Å². The van der Waals surface area contributed by atoms with Crippen LogP contribution in [-0.4, -0.2) is 21.3 Å². The summed E-state index contributed by atoms with van der Waals surface area (Å²) in [5.74, 6) is 0.840. The number of rotatable bonds is 6. The molecule has 2 aromatic carbocycles. The van der Waals surface area contributed by atoms with Crippen molar-refractivity contribution in [2.75, 3.05) is 11.5 Å². The lowest BCUT2D eigenvalue weighted by Gasteiger charge is -2.28. The molecule has 0 amide bonds. The van der Waals surface area contributed by atoms with Gasteiger partial charge in [-0.25, -0.2) is 0 Å². The first-order valence-corrected chi connectivity index (χ1v) is 12.9. The molecule has 0 unspecified atom stereocenters. The summed E-state index contributed by atoms with van der Waals surface area (Å²) in [5.41, 5.74) is 7.66. The summed E-state index contributed by atoms with van der Waals surface area (Å²) >= 11 is 12.3. The van der Waals surface area contributed by atoms with Crippen molar-refractivity contribution in [1.29, 1.82) is 0 Å². The number of nitrogens with zero attached hydrogens (tertiary/aromatic N) is 3. The van der Waals surface area contributed by atoms with Crippen LogP contribution in [0.2, 0.25) is 5.02 Å². The van der Waals surface area contributed by atoms with Crippen molar-refractivity contribution < 1.29 is 4.74 Å². The van der Waals surface area contributed by atoms with Crippen LogP contribution in [0.3, 0.4) is 0 Å². The molecular formula is C29H29ClN4OS. The molecule has 0 aliphatic carbocycles. The van der Waals surface area contributed by atoms with Gasteiger partial charge in [0.2, 0.25) is 0 Å². The third kappa shape index (κ3) is 4.36. The number of benzene rings is 2. The maximum atomic E-state index is 6.40. The lowest BCUT2D eigenvalue weighted by atomic mass is 9.96. The summed E-state index contributed by atoms with van der Waals surface area (Å²) in [5, 5.41) is 4.94. The molecule has 36 heavy (non-hydrogen) atoms. The third-order valence-corrected chi connectivity index (χ3v) is 7.27. The number of thiocarbonyl (C=S) groups is 1. The first-order chi connectivity index (χ1) is 17.4. The van der Waals surface area contributed by atoms with Gasteiger partial charge < -0.3 is 19.5 Å². The van der Waals surface area contributed by atoms with E-state index in [1.807, 2.05) is 49.5 Å². The summed E-state index contributed by atoms with van der Waals surface area (Å²) in [6.07, 6.45) is 1.83. The van der Waals surface area contributed by atoms with Gasteiger partial charge >= 0.3 is 0 Å². The van der Waals surface area contributed by atoms with E-state index < -0.39 is 0 Å². The summed E-state index contributed by atoms with van der Waals surface area (Å²) in [7, 11) is 0. The Morgan fingerprint density at radius 1 is 1.03 bits per heavy atom. The number of ether oxygens (including phenoxy) is 1. The number of aryl methyl sites for hydroxylation is 2. The molecule has 5 rings (SSSR count). The second-order valence-electron chi connectivity index (χ2n) is 9.02. The normalized spacial score (nSPS) is 17.4. The van der Waals surface area contributed by atoms with Crippen LogP contribution in [-0.2, 0) is 0 Å². The Hall–Kier alpha value is -3.35. The zero-order valence-corrected chi connectivity index (χ0v) is 22.4. The van der Waals surface area contributed by atoms with E-state index in [-0.39, 0.29) is 12.1 Å². The van der Waals surface area contributed by atoms with Crippen LogP contribution in [0.1, 0.15) is 47.2 Å². The van der Waals surface area contributed by atoms with E-state index in [2.05, 4.69) is 70.9 Å². The second kappa shape index (κ2) is 9.96. The quantitative estimate of drug-likeness (QED) is 0.279. The highest BCUT2D eigenvalue weighted by Crippen LogP contribution is 2.44. The Kier molecular flexibility index (Phi) is 6.73. The molecule has 1 aliphatic heterocycles. The van der Waals surface area contributed by atoms with Gasteiger partial charge in [-0.1, -0.05) is 23.7 Å². The van der Waals surface area contributed by atoms with Gasteiger partial charge in [-0.05, 0) is 106 Å². The van der Waals surface area contributed by atoms with Gasteiger partial charge in [0.1, 0.15) is 5.75 Å². The first-order valence-electron chi connectivity index (χ1n) is 12.1. The van der Waals surface area contributed by atoms with Crippen molar-refractivity contribution in [3.8, 4) is 11.4 Å². The Morgan fingerprint density at radius 2 is 1.81 bits per heavy atom. The number of nitrogens with one attached hydrogen (secondary N) is 1. The van der Waals surface area contributed by atoms with Crippen molar-refractivity contribution in [2.45, 2.75) is 39.8 Å². The smallest absolute Gasteiger partial charge is 0.174 e. The molecule has 0 spiro atoms. The van der Waals surface area contributed by atoms with Gasteiger partial charge in [-0.15, -0.1) is 0 Å². The van der Waals surface area contributed by atoms with E-state index in [0.29, 0.717) is 11.7 Å². The number of anilines is 1. The summed E-state index contributed by atoms with van der Waals surface area (Å²) in [6, 6.07) is 22.2. The largest absolute Gasteiger partial charge is 0.494 e. The maximum Gasteiger partial charge on any atom is 0.174 e. The monoisotopic (exact) mass is 516 g/mol. The zero-order chi connectivity index (χ0) is 25.4. The van der Waals surface area contributed by atoms with Crippen molar-refractivity contribution >= 4 is 34.6 Å². The van der Waals surface area contributed by atoms with E-state index in [4.69, 9.17) is 28.6 Å². The zero-order valence-electron chi connectivity index (χ0n) is 20.8. The van der Waals surface area contributed by atoms with Gasteiger partial charge in [-0.3, -0.25) is 4.98 Å². The summed E-state index contributed by atoms with van der Waals surface area (Å²) in [6.45, 7) is 9.02. The highest BCUT2D eigenvalue weighted by molar-refractivity contribution is 7.80. The molecule has 7 heteroatoms. The molecule has 2 aromatic heterocycles. The predicted molar refractivity (Wildman–Crippen MR) is 151 cm³/mol. The summed E-state index contributed by atoms with van der Waals surface area (Å²) in [4.78, 5) is 6.88. The van der Waals surface area contributed by atoms with Crippen molar-refractivity contribution in [3.63, 3.8) is 0 Å². The Balaban J connectivity index is 1.66. The van der Waals surface area contributed by atoms with Crippen LogP contribution in [0, 0.1) is 20.8 Å². The van der Waals surface area contributed by atoms with Gasteiger partial charge in [0.15, 0.2) is 5.11 Å². The Morgan fingerprint density at radius 3 is 2.50 bits per heavy atom. The van der Waals surface area contributed by atoms with Crippen LogP contribution in [0.4, 0.5) is 5.69 Å². The number of pyridine rings is 1. The fourth-order valence-electron chi connectivity index (χ4n) is 5.10. The third-order valence-electron chi connectivity index (χ3n) is 6.73. The molecule has 0 bridgehead atoms. The molecule has 2 atom stereocenters. The number of halogens is 1. The van der Waals surface area contributed by atoms with E-state index in [1.54, 1.807) is 0 Å². The van der Waals surface area contributed by atoms with E-state index >= 15 is 0 Å². The van der Waals surface area contributed by atoms with Crippen LogP contribution < -0.4 is 15.0 Å². The van der Waals surface area contributed by atoms with Gasteiger partial charge in [-0.2, -0.15) is 0 Å². The molecule has 4 aromatic rings. The molecule has 1 fully saturated rings. The van der Waals surface area contributed by atoms with Crippen LogP contribution in [0.25, 0.3) is 5.69 Å². The Bertz CT molecular complexity index is 1400. The average molecular weight is 517 g/mol. The van der Waals surface area contributed by atoms with Crippen molar-refractivity contribution in [3.05, 3.63) is 106 Å². The molecule has 0 radical (unpaired) electrons. The van der Waals surface area contributed by atoms with Gasteiger partial charge in [0.05, 0.1) is 24.4 Å². The molecule has 3 heterocycles. The number of hydrogen-bond acceptors (Lipinski definition) is 3. The van der Waals surface area contributed by atoms with E-state index in [1.165, 1.54) is 5.56 Å². The topological polar surface area (TPSA) is 42.3 Å². The van der Waals surface area contributed by atoms with Crippen LogP contribution in [0.15, 0.2) is 72.9 Å². The highest BCUT2D eigenvalue weighted by Gasteiger charge is 2.42. The van der Waals surface area contributed by atoms with Gasteiger partial charge in [0.25, 0.3) is 0 Å². The number of hydrogen-bond donors (Lipinski definition) is 1. The molecular weight excluding hydrogens is 488 g/mol. The SMILES string of the molecule is CCOc1ccc(N2C(=S)N[C@@H](c3ccccn3)[C@@H]2c2cc(C)n(-c3cc(Cl)ccc3C)c2C)cc1. The molecule has 5 nitrogen and oxygen atoms in total. The minimum Gasteiger partial charge on any atom is -0.494 e. The van der Waals surface area contributed by atoms with Crippen LogP contribution >= 0.6 is 23.8 Å². The first kappa shape index (κ1) is 24.3. The molecule has 0 saturated carbocycles. The molecule has 1 N–H and O–H groups in total. The summed E-state index contributed by atoms with van der Waals surface area (Å²) < 4.78 is 7.95. The highest BCUT2D eigenvalue weighted by atomic mass is 35.5. The van der Waals surface area contributed by atoms with E-state index in [9.17, 15) is 0 Å².